The molecule has 0 atom stereocenters. The Morgan fingerprint density at radius 3 is 2.53 bits per heavy atom. The molecule has 8 nitrogen and oxygen atoms in total. The van der Waals surface area contributed by atoms with Crippen molar-refractivity contribution >= 4 is 17.6 Å². The average molecular weight is 454 g/mol. The number of alkyl halides is 2. The molecule has 3 heterocycles. The van der Waals surface area contributed by atoms with E-state index in [0.717, 1.165) is 11.8 Å². The van der Waals surface area contributed by atoms with Crippen LogP contribution in [0.3, 0.4) is 0 Å². The fourth-order valence-electron chi connectivity index (χ4n) is 2.75. The van der Waals surface area contributed by atoms with Crippen molar-refractivity contribution in [2.45, 2.75) is 16.9 Å². The Morgan fingerprint density at radius 2 is 1.97 bits per heavy atom. The van der Waals surface area contributed by atoms with Gasteiger partial charge in [0.25, 0.3) is 0 Å². The van der Waals surface area contributed by atoms with Crippen molar-refractivity contribution in [3.63, 3.8) is 0 Å². The van der Waals surface area contributed by atoms with Gasteiger partial charge >= 0.3 is 6.11 Å². The average Bonchev–Trinajstić information content (AvgIpc) is 2.82. The molecular weight excluding hydrogens is 438 g/mol. The molecule has 0 aliphatic heterocycles. The molecule has 162 valence electrons. The molecule has 0 amide bonds. The summed E-state index contributed by atoms with van der Waals surface area (Å²) in [5.74, 6) is 0.462. The minimum Gasteiger partial charge on any atom is -0.429 e. The predicted molar refractivity (Wildman–Crippen MR) is 113 cm³/mol. The number of rotatable bonds is 8. The van der Waals surface area contributed by atoms with Crippen LogP contribution in [-0.2, 0) is 5.75 Å². The van der Waals surface area contributed by atoms with E-state index in [0.29, 0.717) is 10.8 Å². The van der Waals surface area contributed by atoms with E-state index < -0.39 is 12.7 Å². The number of pyridine rings is 3. The molecule has 3 rings (SSSR count). The van der Waals surface area contributed by atoms with Gasteiger partial charge in [0.2, 0.25) is 0 Å². The van der Waals surface area contributed by atoms with Crippen molar-refractivity contribution < 1.29 is 18.6 Å². The Labute approximate surface area is 186 Å². The van der Waals surface area contributed by atoms with Crippen LogP contribution in [0, 0.1) is 22.7 Å². The monoisotopic (exact) mass is 454 g/mol. The van der Waals surface area contributed by atoms with Crippen LogP contribution in [0.4, 0.5) is 14.6 Å². The Bertz CT molecular complexity index is 1180. The summed E-state index contributed by atoms with van der Waals surface area (Å²) < 4.78 is 30.9. The van der Waals surface area contributed by atoms with Gasteiger partial charge in [0.15, 0.2) is 0 Å². The summed E-state index contributed by atoms with van der Waals surface area (Å²) in [4.78, 5) is 12.6. The van der Waals surface area contributed by atoms with Crippen LogP contribution < -0.4 is 10.1 Å². The molecule has 0 fully saturated rings. The van der Waals surface area contributed by atoms with Crippen molar-refractivity contribution in [1.29, 1.82) is 10.5 Å². The van der Waals surface area contributed by atoms with Crippen LogP contribution in [-0.4, -0.2) is 39.8 Å². The fourth-order valence-corrected chi connectivity index (χ4v) is 3.67. The number of anilines is 1. The molecule has 0 radical (unpaired) electrons. The number of ether oxygens (including phenoxy) is 1. The number of thioether (sulfide) groups is 1. The highest BCUT2D eigenvalue weighted by Crippen LogP contribution is 2.37. The van der Waals surface area contributed by atoms with Gasteiger partial charge in [-0.3, -0.25) is 9.97 Å². The molecule has 0 bridgehead atoms. The summed E-state index contributed by atoms with van der Waals surface area (Å²) in [6.45, 7) is -1.49. The Kier molecular flexibility index (Phi) is 7.15. The highest BCUT2D eigenvalue weighted by molar-refractivity contribution is 7.98. The lowest BCUT2D eigenvalue weighted by Gasteiger charge is -2.16. The first-order valence-electron chi connectivity index (χ1n) is 9.14. The van der Waals surface area contributed by atoms with E-state index in [1.807, 2.05) is 12.1 Å². The molecule has 0 spiro atoms. The third kappa shape index (κ3) is 5.09. The van der Waals surface area contributed by atoms with Crippen molar-refractivity contribution in [2.75, 3.05) is 19.0 Å². The molecule has 32 heavy (non-hydrogen) atoms. The first kappa shape index (κ1) is 22.9. The third-order valence-corrected chi connectivity index (χ3v) is 5.21. The van der Waals surface area contributed by atoms with E-state index in [2.05, 4.69) is 31.1 Å². The zero-order valence-corrected chi connectivity index (χ0v) is 17.5. The van der Waals surface area contributed by atoms with Crippen LogP contribution in [0.2, 0.25) is 0 Å². The second-order valence-corrected chi connectivity index (χ2v) is 7.25. The molecule has 0 aliphatic carbocycles. The maximum atomic E-state index is 13.3. The van der Waals surface area contributed by atoms with Crippen LogP contribution in [0.5, 0.6) is 5.75 Å². The van der Waals surface area contributed by atoms with Crippen molar-refractivity contribution in [2.24, 2.45) is 0 Å². The summed E-state index contributed by atoms with van der Waals surface area (Å²) in [6.07, 6.45) is 0.626. The van der Waals surface area contributed by atoms with Gasteiger partial charge in [-0.15, -0.1) is 11.8 Å². The molecule has 11 heteroatoms. The fraction of sp³-hybridized carbons (Fsp3) is 0.190. The van der Waals surface area contributed by atoms with Gasteiger partial charge in [-0.2, -0.15) is 19.3 Å². The van der Waals surface area contributed by atoms with Crippen LogP contribution in [0.1, 0.15) is 16.7 Å². The summed E-state index contributed by atoms with van der Waals surface area (Å²) >= 11 is 1.29. The Hall–Kier alpha value is -3.80. The summed E-state index contributed by atoms with van der Waals surface area (Å²) in [6, 6.07) is 10.4. The van der Waals surface area contributed by atoms with Gasteiger partial charge in [-0.1, -0.05) is 6.07 Å². The zero-order valence-electron chi connectivity index (χ0n) is 16.7. The minimum absolute atomic E-state index is 0.0941. The molecule has 2 N–H and O–H groups in total. The normalized spacial score (nSPS) is 10.8. The smallest absolute Gasteiger partial charge is 0.421 e. The predicted octanol–water partition coefficient (Wildman–Crippen LogP) is 3.58. The van der Waals surface area contributed by atoms with Gasteiger partial charge in [0.05, 0.1) is 17.5 Å². The second kappa shape index (κ2) is 10.0. The molecule has 0 aliphatic rings. The number of nitrogens with one attached hydrogen (secondary N) is 1. The first-order chi connectivity index (χ1) is 15.4. The number of hydrogen-bond donors (Lipinski definition) is 2. The highest BCUT2D eigenvalue weighted by Gasteiger charge is 2.30. The van der Waals surface area contributed by atoms with Crippen molar-refractivity contribution in [1.82, 2.24) is 15.0 Å². The largest absolute Gasteiger partial charge is 0.429 e. The van der Waals surface area contributed by atoms with E-state index in [1.54, 1.807) is 25.5 Å². The van der Waals surface area contributed by atoms with E-state index >= 15 is 0 Å². The maximum absolute atomic E-state index is 13.3. The Morgan fingerprint density at radius 1 is 1.19 bits per heavy atom. The van der Waals surface area contributed by atoms with Gasteiger partial charge in [0, 0.05) is 30.8 Å². The Balaban J connectivity index is 2.05. The van der Waals surface area contributed by atoms with E-state index in [-0.39, 0.29) is 34.0 Å². The van der Waals surface area contributed by atoms with E-state index in [4.69, 9.17) is 5.11 Å². The molecular formula is C21H16F2N6O2S. The highest BCUT2D eigenvalue weighted by atomic mass is 32.2. The van der Waals surface area contributed by atoms with Gasteiger partial charge in [0.1, 0.15) is 40.9 Å². The topological polar surface area (TPSA) is 128 Å². The second-order valence-electron chi connectivity index (χ2n) is 6.29. The standard InChI is InChI=1S/C21H16F2N6O2S/c1-26-19-15(7-24)18(17-5-4-14(10-28-17)31-21(22,23)12-30)16(8-25)20(29-19)32-11-13-3-2-6-27-9-13/h2-6,9-10,30H,11-12H2,1H3,(H,26,29). The summed E-state index contributed by atoms with van der Waals surface area (Å²) in [5, 5.41) is 31.5. The number of hydrogen-bond acceptors (Lipinski definition) is 9. The number of aliphatic hydroxyl groups is 1. The number of halogens is 2. The van der Waals surface area contributed by atoms with Crippen molar-refractivity contribution in [3.05, 3.63) is 59.5 Å². The van der Waals surface area contributed by atoms with Crippen LogP contribution in [0.25, 0.3) is 11.3 Å². The zero-order chi connectivity index (χ0) is 23.1. The summed E-state index contributed by atoms with van der Waals surface area (Å²) in [7, 11) is 1.59. The lowest BCUT2D eigenvalue weighted by atomic mass is 10.0. The summed E-state index contributed by atoms with van der Waals surface area (Å²) in [5.41, 5.74) is 1.58. The van der Waals surface area contributed by atoms with Crippen LogP contribution >= 0.6 is 11.8 Å². The van der Waals surface area contributed by atoms with E-state index in [1.165, 1.54) is 23.9 Å². The molecule has 0 saturated heterocycles. The first-order valence-corrected chi connectivity index (χ1v) is 10.1. The number of aromatic nitrogens is 3. The number of nitriles is 2. The lowest BCUT2D eigenvalue weighted by Crippen LogP contribution is -2.29. The SMILES string of the molecule is CNc1nc(SCc2cccnc2)c(C#N)c(-c2ccc(OC(F)(F)CO)cn2)c1C#N. The van der Waals surface area contributed by atoms with Gasteiger partial charge < -0.3 is 15.2 Å². The van der Waals surface area contributed by atoms with Gasteiger partial charge in [-0.25, -0.2) is 4.98 Å². The molecule has 0 unspecified atom stereocenters. The van der Waals surface area contributed by atoms with Crippen molar-refractivity contribution in [3.8, 4) is 29.1 Å². The van der Waals surface area contributed by atoms with Crippen LogP contribution in [0.15, 0.2) is 47.9 Å². The number of aliphatic hydroxyl groups excluding tert-OH is 1. The van der Waals surface area contributed by atoms with E-state index in [9.17, 15) is 19.3 Å². The lowest BCUT2D eigenvalue weighted by molar-refractivity contribution is -0.201. The maximum Gasteiger partial charge on any atom is 0.421 e. The minimum atomic E-state index is -3.76. The third-order valence-electron chi connectivity index (χ3n) is 4.17. The molecule has 3 aromatic rings. The molecule has 0 saturated carbocycles. The van der Waals surface area contributed by atoms with Gasteiger partial charge in [-0.05, 0) is 23.8 Å². The quantitative estimate of drug-likeness (QED) is 0.491. The molecule has 0 aromatic carbocycles. The number of nitrogens with zero attached hydrogens (tertiary/aromatic N) is 5. The molecule has 3 aromatic heterocycles.